The van der Waals surface area contributed by atoms with Crippen molar-refractivity contribution >= 4 is 71.1 Å². The van der Waals surface area contributed by atoms with Crippen molar-refractivity contribution in [1.82, 2.24) is 9.97 Å². The predicted octanol–water partition coefficient (Wildman–Crippen LogP) is 5.16. The smallest absolute Gasteiger partial charge is 0.337 e. The number of rotatable bonds is 4. The van der Waals surface area contributed by atoms with Crippen molar-refractivity contribution in [2.45, 2.75) is 4.90 Å². The third-order valence-electron chi connectivity index (χ3n) is 3.62. The van der Waals surface area contributed by atoms with Gasteiger partial charge in [-0.25, -0.2) is 14.8 Å². The van der Waals surface area contributed by atoms with Crippen LogP contribution in [0.25, 0.3) is 20.4 Å². The molecular weight excluding hydrogens is 374 g/mol. The average molecular weight is 388 g/mol. The van der Waals surface area contributed by atoms with E-state index in [4.69, 9.17) is 4.74 Å². The highest BCUT2D eigenvalue weighted by Gasteiger charge is 2.11. The van der Waals surface area contributed by atoms with Gasteiger partial charge in [-0.2, -0.15) is 0 Å². The van der Waals surface area contributed by atoms with E-state index in [1.54, 1.807) is 35.2 Å². The molecule has 0 saturated carbocycles. The molecule has 8 heteroatoms. The lowest BCUT2D eigenvalue weighted by Gasteiger charge is -1.97. The summed E-state index contributed by atoms with van der Waals surface area (Å²) in [4.78, 5) is 22.0. The van der Waals surface area contributed by atoms with Gasteiger partial charge in [0.25, 0.3) is 0 Å². The van der Waals surface area contributed by atoms with Gasteiger partial charge >= 0.3 is 5.97 Å². The average Bonchev–Trinajstić information content (AvgIpc) is 3.22. The number of hydrogen-bond acceptors (Lipinski definition) is 8. The number of benzene rings is 2. The lowest BCUT2D eigenvalue weighted by atomic mass is 10.2. The first-order valence-corrected chi connectivity index (χ1v) is 10.2. The third kappa shape index (κ3) is 3.20. The Kier molecular flexibility index (Phi) is 4.32. The van der Waals surface area contributed by atoms with Gasteiger partial charge in [0.1, 0.15) is 0 Å². The van der Waals surface area contributed by atoms with Gasteiger partial charge in [-0.15, -0.1) is 11.8 Å². The largest absolute Gasteiger partial charge is 0.465 e. The Balaban J connectivity index is 1.64. The van der Waals surface area contributed by atoms with Crippen molar-refractivity contribution in [2.24, 2.45) is 0 Å². The molecule has 5 nitrogen and oxygen atoms in total. The van der Waals surface area contributed by atoms with Gasteiger partial charge in [-0.05, 0) is 42.7 Å². The Morgan fingerprint density at radius 2 is 1.68 bits per heavy atom. The number of fused-ring (bicyclic) bond motifs is 2. The summed E-state index contributed by atoms with van der Waals surface area (Å²) in [6, 6.07) is 11.6. The molecule has 0 atom stereocenters. The molecule has 0 aliphatic carbocycles. The van der Waals surface area contributed by atoms with Crippen LogP contribution in [-0.4, -0.2) is 29.3 Å². The molecule has 2 heterocycles. The molecule has 0 aliphatic rings. The summed E-state index contributed by atoms with van der Waals surface area (Å²) in [5, 5.41) is 4.83. The Bertz CT molecular complexity index is 1090. The van der Waals surface area contributed by atoms with Gasteiger partial charge in [0.15, 0.2) is 10.3 Å². The Labute approximate surface area is 156 Å². The summed E-state index contributed by atoms with van der Waals surface area (Å²) in [7, 11) is 1.38. The van der Waals surface area contributed by atoms with Crippen LogP contribution in [0.5, 0.6) is 0 Å². The number of nitrogens with one attached hydrogen (secondary N) is 1. The molecule has 2 aromatic carbocycles. The minimum atomic E-state index is -0.347. The van der Waals surface area contributed by atoms with Crippen LogP contribution >= 0.6 is 34.4 Å². The molecule has 1 N–H and O–H groups in total. The van der Waals surface area contributed by atoms with E-state index in [9.17, 15) is 4.79 Å². The second-order valence-corrected chi connectivity index (χ2v) is 8.11. The lowest BCUT2D eigenvalue weighted by molar-refractivity contribution is 0.0601. The molecule has 126 valence electrons. The van der Waals surface area contributed by atoms with Crippen LogP contribution in [0.15, 0.2) is 41.3 Å². The summed E-state index contributed by atoms with van der Waals surface area (Å²) in [5.74, 6) is -0.347. The summed E-state index contributed by atoms with van der Waals surface area (Å²) in [5.41, 5.74) is 2.33. The molecular formula is C17H13N3O2S3. The zero-order chi connectivity index (χ0) is 17.4. The van der Waals surface area contributed by atoms with E-state index in [2.05, 4.69) is 33.7 Å². The standard InChI is InChI=1S/C17H13N3O2S3/c1-22-15(21)9-3-5-11-13(7-9)24-16(18-11)20-17-19-12-6-4-10(23-2)8-14(12)25-17/h3-8H,1-2H3,(H,18,19,20). The van der Waals surface area contributed by atoms with Gasteiger partial charge < -0.3 is 10.1 Å². The van der Waals surface area contributed by atoms with E-state index in [0.717, 1.165) is 30.7 Å². The number of esters is 1. The number of hydrogen-bond donors (Lipinski definition) is 1. The highest BCUT2D eigenvalue weighted by molar-refractivity contribution is 7.98. The fourth-order valence-electron chi connectivity index (χ4n) is 2.40. The van der Waals surface area contributed by atoms with Crippen molar-refractivity contribution in [2.75, 3.05) is 18.7 Å². The maximum absolute atomic E-state index is 11.6. The molecule has 0 fully saturated rings. The second kappa shape index (κ2) is 6.62. The lowest BCUT2D eigenvalue weighted by Crippen LogP contribution is -1.99. The monoisotopic (exact) mass is 387 g/mol. The number of nitrogens with zero attached hydrogens (tertiary/aromatic N) is 2. The summed E-state index contributed by atoms with van der Waals surface area (Å²) in [6.07, 6.45) is 2.06. The SMILES string of the molecule is COC(=O)c1ccc2nc(Nc3nc4ccc(SC)cc4s3)sc2c1. The van der Waals surface area contributed by atoms with Gasteiger partial charge in [0.2, 0.25) is 0 Å². The molecule has 2 aromatic heterocycles. The van der Waals surface area contributed by atoms with Crippen molar-refractivity contribution in [3.8, 4) is 0 Å². The number of thiazole rings is 2. The zero-order valence-electron chi connectivity index (χ0n) is 13.4. The molecule has 0 bridgehead atoms. The number of carbonyl (C=O) groups excluding carboxylic acids is 1. The molecule has 0 spiro atoms. The van der Waals surface area contributed by atoms with E-state index in [1.807, 2.05) is 12.1 Å². The molecule has 25 heavy (non-hydrogen) atoms. The molecule has 0 aliphatic heterocycles. The molecule has 4 rings (SSSR count). The van der Waals surface area contributed by atoms with E-state index >= 15 is 0 Å². The van der Waals surface area contributed by atoms with Crippen LogP contribution in [0, 0.1) is 0 Å². The molecule has 0 amide bonds. The second-order valence-electron chi connectivity index (χ2n) is 5.17. The maximum atomic E-state index is 11.6. The van der Waals surface area contributed by atoms with Crippen molar-refractivity contribution in [1.29, 1.82) is 0 Å². The summed E-state index contributed by atoms with van der Waals surface area (Å²) >= 11 is 4.80. The topological polar surface area (TPSA) is 64.1 Å². The van der Waals surface area contributed by atoms with Crippen LogP contribution < -0.4 is 5.32 Å². The zero-order valence-corrected chi connectivity index (χ0v) is 15.8. The first kappa shape index (κ1) is 16.3. The van der Waals surface area contributed by atoms with Gasteiger partial charge in [-0.3, -0.25) is 0 Å². The number of carbonyl (C=O) groups is 1. The first-order chi connectivity index (χ1) is 12.2. The fourth-order valence-corrected chi connectivity index (χ4v) is 4.79. The minimum absolute atomic E-state index is 0.347. The Hall–Kier alpha value is -2.16. The van der Waals surface area contributed by atoms with Crippen LogP contribution in [-0.2, 0) is 4.74 Å². The fraction of sp³-hybridized carbons (Fsp3) is 0.118. The summed E-state index contributed by atoms with van der Waals surface area (Å²) in [6.45, 7) is 0. The summed E-state index contributed by atoms with van der Waals surface area (Å²) < 4.78 is 6.83. The van der Waals surface area contributed by atoms with Crippen LogP contribution in [0.2, 0.25) is 0 Å². The van der Waals surface area contributed by atoms with Crippen LogP contribution in [0.1, 0.15) is 10.4 Å². The number of ether oxygens (including phenoxy) is 1. The van der Waals surface area contributed by atoms with Crippen LogP contribution in [0.4, 0.5) is 10.3 Å². The van der Waals surface area contributed by atoms with Gasteiger partial charge in [0.05, 0.1) is 33.1 Å². The van der Waals surface area contributed by atoms with Crippen LogP contribution in [0.3, 0.4) is 0 Å². The number of aromatic nitrogens is 2. The van der Waals surface area contributed by atoms with E-state index in [0.29, 0.717) is 5.56 Å². The Morgan fingerprint density at radius 3 is 2.32 bits per heavy atom. The Morgan fingerprint density at radius 1 is 1.04 bits per heavy atom. The highest BCUT2D eigenvalue weighted by atomic mass is 32.2. The quantitative estimate of drug-likeness (QED) is 0.385. The number of anilines is 2. The molecule has 0 unspecified atom stereocenters. The highest BCUT2D eigenvalue weighted by Crippen LogP contribution is 2.34. The van der Waals surface area contributed by atoms with Crippen molar-refractivity contribution in [3.63, 3.8) is 0 Å². The van der Waals surface area contributed by atoms with Crippen molar-refractivity contribution in [3.05, 3.63) is 42.0 Å². The third-order valence-corrected chi connectivity index (χ3v) is 6.21. The predicted molar refractivity (Wildman–Crippen MR) is 106 cm³/mol. The minimum Gasteiger partial charge on any atom is -0.465 e. The van der Waals surface area contributed by atoms with E-state index in [1.165, 1.54) is 23.3 Å². The molecule has 0 radical (unpaired) electrons. The molecule has 4 aromatic rings. The van der Waals surface area contributed by atoms with Gasteiger partial charge in [0, 0.05) is 4.90 Å². The van der Waals surface area contributed by atoms with E-state index < -0.39 is 0 Å². The van der Waals surface area contributed by atoms with Gasteiger partial charge in [-0.1, -0.05) is 22.7 Å². The maximum Gasteiger partial charge on any atom is 0.337 e. The van der Waals surface area contributed by atoms with Crippen molar-refractivity contribution < 1.29 is 9.53 Å². The normalized spacial score (nSPS) is 11.1. The van der Waals surface area contributed by atoms with E-state index in [-0.39, 0.29) is 5.97 Å². The number of thioether (sulfide) groups is 1. The molecule has 0 saturated heterocycles. The first-order valence-electron chi connectivity index (χ1n) is 7.37. The number of methoxy groups -OCH3 is 1.